The van der Waals surface area contributed by atoms with Crippen molar-refractivity contribution in [3.05, 3.63) is 59.9 Å². The number of ketones is 1. The van der Waals surface area contributed by atoms with Crippen LogP contribution in [0.25, 0.3) is 0 Å². The smallest absolute Gasteiger partial charge is 0.338 e. The average molecular weight is 386 g/mol. The zero-order valence-electron chi connectivity index (χ0n) is 16.0. The molecule has 6 nitrogen and oxygen atoms in total. The minimum absolute atomic E-state index is 0.0416. The molecule has 3 unspecified atom stereocenters. The van der Waals surface area contributed by atoms with Gasteiger partial charge in [-0.2, -0.15) is 0 Å². The molecule has 0 saturated carbocycles. The van der Waals surface area contributed by atoms with Crippen molar-refractivity contribution in [2.24, 2.45) is 11.8 Å². The van der Waals surface area contributed by atoms with Gasteiger partial charge >= 0.3 is 5.97 Å². The Kier molecular flexibility index (Phi) is 6.31. The highest BCUT2D eigenvalue weighted by atomic mass is 16.5. The number of rotatable bonds is 3. The van der Waals surface area contributed by atoms with Crippen LogP contribution in [0.4, 0.5) is 0 Å². The first-order valence-corrected chi connectivity index (χ1v) is 9.58. The Hall–Kier alpha value is -2.44. The molecule has 0 radical (unpaired) electrons. The van der Waals surface area contributed by atoms with Crippen LogP contribution in [0.5, 0.6) is 0 Å². The van der Waals surface area contributed by atoms with E-state index >= 15 is 0 Å². The fourth-order valence-corrected chi connectivity index (χ4v) is 4.01. The number of carbonyl (C=O) groups is 2. The molecule has 28 heavy (non-hydrogen) atoms. The molecule has 0 spiro atoms. The van der Waals surface area contributed by atoms with Crippen LogP contribution in [0.1, 0.15) is 26.7 Å². The van der Waals surface area contributed by atoms with E-state index in [4.69, 9.17) is 9.47 Å². The lowest BCUT2D eigenvalue weighted by molar-refractivity contribution is -0.147. The maximum Gasteiger partial charge on any atom is 0.338 e. The number of allylic oxidation sites excluding steroid dienone is 7. The summed E-state index contributed by atoms with van der Waals surface area (Å²) in [7, 11) is 0. The molecule has 6 heteroatoms. The molecule has 150 valence electrons. The summed E-state index contributed by atoms with van der Waals surface area (Å²) in [4.78, 5) is 25.4. The summed E-state index contributed by atoms with van der Waals surface area (Å²) >= 11 is 0. The van der Waals surface area contributed by atoms with Crippen LogP contribution in [0.2, 0.25) is 0 Å². The van der Waals surface area contributed by atoms with Gasteiger partial charge in [0, 0.05) is 18.8 Å². The van der Waals surface area contributed by atoms with Gasteiger partial charge in [-0.05, 0) is 32.1 Å². The maximum absolute atomic E-state index is 12.9. The summed E-state index contributed by atoms with van der Waals surface area (Å²) in [5, 5.41) is 20.9. The van der Waals surface area contributed by atoms with Crippen LogP contribution in [0, 0.1) is 11.8 Å². The van der Waals surface area contributed by atoms with Gasteiger partial charge in [-0.3, -0.25) is 4.79 Å². The van der Waals surface area contributed by atoms with Crippen LogP contribution in [0.15, 0.2) is 59.9 Å². The number of hydrogen-bond acceptors (Lipinski definition) is 6. The largest absolute Gasteiger partial charge is 0.485 e. The van der Waals surface area contributed by atoms with E-state index in [0.29, 0.717) is 5.76 Å². The molecule has 1 saturated heterocycles. The average Bonchev–Trinajstić information content (AvgIpc) is 2.98. The van der Waals surface area contributed by atoms with Gasteiger partial charge in [0.2, 0.25) is 0 Å². The lowest BCUT2D eigenvalue weighted by atomic mass is 9.72. The lowest BCUT2D eigenvalue weighted by Crippen LogP contribution is -2.45. The van der Waals surface area contributed by atoms with Crippen molar-refractivity contribution in [3.63, 3.8) is 0 Å². The molecule has 0 amide bonds. The highest BCUT2D eigenvalue weighted by molar-refractivity contribution is 5.98. The van der Waals surface area contributed by atoms with Crippen LogP contribution < -0.4 is 0 Å². The first-order chi connectivity index (χ1) is 13.4. The summed E-state index contributed by atoms with van der Waals surface area (Å²) < 4.78 is 11.4. The molecule has 3 aliphatic rings. The minimum Gasteiger partial charge on any atom is -0.485 e. The second-order valence-corrected chi connectivity index (χ2v) is 7.35. The third-order valence-corrected chi connectivity index (χ3v) is 5.22. The van der Waals surface area contributed by atoms with Crippen LogP contribution in [0.3, 0.4) is 0 Å². The van der Waals surface area contributed by atoms with Gasteiger partial charge in [0.05, 0.1) is 23.7 Å². The Morgan fingerprint density at radius 2 is 1.79 bits per heavy atom. The molecule has 0 aromatic carbocycles. The molecule has 2 N–H and O–H groups in total. The number of carbonyl (C=O) groups excluding carboxylic acids is 2. The second-order valence-electron chi connectivity index (χ2n) is 7.35. The van der Waals surface area contributed by atoms with E-state index in [2.05, 4.69) is 0 Å². The Morgan fingerprint density at radius 3 is 2.54 bits per heavy atom. The topological polar surface area (TPSA) is 93.1 Å². The minimum atomic E-state index is -1.07. The predicted molar refractivity (Wildman–Crippen MR) is 103 cm³/mol. The first-order valence-electron chi connectivity index (χ1n) is 9.58. The quantitative estimate of drug-likeness (QED) is 0.570. The summed E-state index contributed by atoms with van der Waals surface area (Å²) in [5.74, 6) is -2.01. The Morgan fingerprint density at radius 1 is 1.04 bits per heavy atom. The van der Waals surface area contributed by atoms with Crippen molar-refractivity contribution in [2.45, 2.75) is 51.1 Å². The molecule has 3 rings (SSSR count). The van der Waals surface area contributed by atoms with Crippen LogP contribution >= 0.6 is 0 Å². The van der Waals surface area contributed by atoms with E-state index in [1.165, 1.54) is 6.08 Å². The van der Waals surface area contributed by atoms with Gasteiger partial charge in [0.1, 0.15) is 18.0 Å². The number of hydrogen-bond donors (Lipinski definition) is 2. The van der Waals surface area contributed by atoms with Crippen molar-refractivity contribution < 1.29 is 29.3 Å². The number of ether oxygens (including phenoxy) is 2. The summed E-state index contributed by atoms with van der Waals surface area (Å²) in [6.45, 7) is 3.61. The molecule has 2 aliphatic heterocycles. The van der Waals surface area contributed by atoms with E-state index in [-0.39, 0.29) is 24.2 Å². The number of aliphatic hydroxyl groups is 2. The van der Waals surface area contributed by atoms with Crippen LogP contribution in [-0.2, 0) is 19.1 Å². The van der Waals surface area contributed by atoms with E-state index in [1.807, 2.05) is 25.2 Å². The Balaban J connectivity index is 2.02. The van der Waals surface area contributed by atoms with Gasteiger partial charge in [0.15, 0.2) is 5.78 Å². The van der Waals surface area contributed by atoms with Crippen LogP contribution in [-0.4, -0.2) is 46.4 Å². The van der Waals surface area contributed by atoms with Crippen molar-refractivity contribution in [1.82, 2.24) is 0 Å². The monoisotopic (exact) mass is 386 g/mol. The van der Waals surface area contributed by atoms with Gasteiger partial charge in [0.25, 0.3) is 0 Å². The summed E-state index contributed by atoms with van der Waals surface area (Å²) in [6.07, 6.45) is 11.1. The second kappa shape index (κ2) is 8.71. The standard InChI is InChI=1S/C22H26O6/c1-3-4-5-6-7-8-17-21-20-18(28-17)10-9-15(24)19(20)16(25)12-14(23)11-13(2)27-22(21)26/h3-10,13-14,16,18-20,23,25H,11-12H2,1-2H3/b4-3+,6-5+,8-7+/t13?,14?,16?,18-,19-,20-/m1/s1. The summed E-state index contributed by atoms with van der Waals surface area (Å²) in [5.41, 5.74) is 0.269. The molecule has 1 fully saturated rings. The summed E-state index contributed by atoms with van der Waals surface area (Å²) in [6, 6.07) is 0. The molecule has 0 aromatic rings. The molecule has 0 aromatic heterocycles. The fourth-order valence-electron chi connectivity index (χ4n) is 4.01. The molecule has 0 bridgehead atoms. The normalized spacial score (nSPS) is 36.3. The van der Waals surface area contributed by atoms with Crippen molar-refractivity contribution >= 4 is 11.8 Å². The van der Waals surface area contributed by atoms with E-state index < -0.39 is 42.2 Å². The third kappa shape index (κ3) is 4.18. The Labute approximate surface area is 164 Å². The zero-order chi connectivity index (χ0) is 20.3. The third-order valence-electron chi connectivity index (χ3n) is 5.22. The fraction of sp³-hybridized carbons (Fsp3) is 0.455. The van der Waals surface area contributed by atoms with Gasteiger partial charge in [-0.25, -0.2) is 4.79 Å². The van der Waals surface area contributed by atoms with E-state index in [9.17, 15) is 19.8 Å². The van der Waals surface area contributed by atoms with Gasteiger partial charge in [-0.15, -0.1) is 0 Å². The lowest BCUT2D eigenvalue weighted by Gasteiger charge is -2.34. The van der Waals surface area contributed by atoms with Crippen molar-refractivity contribution in [3.8, 4) is 0 Å². The maximum atomic E-state index is 12.9. The first kappa shape index (κ1) is 20.3. The zero-order valence-corrected chi connectivity index (χ0v) is 16.0. The molecular formula is C22H26O6. The number of cyclic esters (lactones) is 1. The molecular weight excluding hydrogens is 360 g/mol. The Bertz CT molecular complexity index is 772. The predicted octanol–water partition coefficient (Wildman–Crippen LogP) is 2.15. The van der Waals surface area contributed by atoms with Crippen molar-refractivity contribution in [2.75, 3.05) is 0 Å². The van der Waals surface area contributed by atoms with Gasteiger partial charge in [-0.1, -0.05) is 30.4 Å². The van der Waals surface area contributed by atoms with E-state index in [0.717, 1.165) is 0 Å². The van der Waals surface area contributed by atoms with Gasteiger partial charge < -0.3 is 19.7 Å². The van der Waals surface area contributed by atoms with Crippen molar-refractivity contribution in [1.29, 1.82) is 0 Å². The SMILES string of the molecule is C/C=C/C=C/C=C/C1=C2C(=O)OC(C)CC(O)CC(O)[C@H]3C(=O)C=C[C@@H](O1)[C@@H]23. The number of aliphatic hydroxyl groups excluding tert-OH is 2. The molecule has 2 heterocycles. The molecule has 1 aliphatic carbocycles. The number of esters is 1. The highest BCUT2D eigenvalue weighted by Gasteiger charge is 2.51. The molecule has 6 atom stereocenters. The highest BCUT2D eigenvalue weighted by Crippen LogP contribution is 2.43. The van der Waals surface area contributed by atoms with E-state index in [1.54, 1.807) is 31.2 Å².